The molecule has 0 unspecified atom stereocenters. The summed E-state index contributed by atoms with van der Waals surface area (Å²) in [7, 11) is -0.735. The predicted octanol–water partition coefficient (Wildman–Crippen LogP) is 2.90. The van der Waals surface area contributed by atoms with E-state index in [1.54, 1.807) is 0 Å². The average Bonchev–Trinajstić information content (AvgIpc) is 2.58. The van der Waals surface area contributed by atoms with Gasteiger partial charge < -0.3 is 4.79 Å². The molecular formula is C19H14OP-. The van der Waals surface area contributed by atoms with Gasteiger partial charge in [-0.15, -0.1) is 23.0 Å². The second-order valence-corrected chi connectivity index (χ2v) is 6.81. The fourth-order valence-corrected chi connectivity index (χ4v) is 4.73. The Morgan fingerprint density at radius 1 is 0.619 bits per heavy atom. The zero-order valence-corrected chi connectivity index (χ0v) is 12.3. The molecule has 0 saturated heterocycles. The van der Waals surface area contributed by atoms with Crippen LogP contribution in [-0.2, 0) is 4.79 Å². The van der Waals surface area contributed by atoms with E-state index in [-0.39, 0.29) is 0 Å². The van der Waals surface area contributed by atoms with Gasteiger partial charge in [0.05, 0.1) is 6.29 Å². The van der Waals surface area contributed by atoms with Crippen molar-refractivity contribution in [3.8, 4) is 0 Å². The van der Waals surface area contributed by atoms with Gasteiger partial charge in [-0.1, -0.05) is 74.7 Å². The fourth-order valence-electron chi connectivity index (χ4n) is 2.34. The number of hydrogen-bond acceptors (Lipinski definition) is 1. The van der Waals surface area contributed by atoms with Crippen LogP contribution < -0.4 is 15.9 Å². The average molecular weight is 289 g/mol. The summed E-state index contributed by atoms with van der Waals surface area (Å²) in [4.78, 5) is 11.3. The predicted molar refractivity (Wildman–Crippen MR) is 89.9 cm³/mol. The third-order valence-corrected chi connectivity index (χ3v) is 5.78. The van der Waals surface area contributed by atoms with E-state index in [0.29, 0.717) is 5.56 Å². The van der Waals surface area contributed by atoms with Gasteiger partial charge in [0.1, 0.15) is 0 Å². The van der Waals surface area contributed by atoms with Crippen molar-refractivity contribution in [2.24, 2.45) is 0 Å². The van der Waals surface area contributed by atoms with Gasteiger partial charge in [0.15, 0.2) is 0 Å². The van der Waals surface area contributed by atoms with Gasteiger partial charge in [-0.25, -0.2) is 0 Å². The Morgan fingerprint density at radius 2 is 1.10 bits per heavy atom. The van der Waals surface area contributed by atoms with Crippen LogP contribution in [0.5, 0.6) is 0 Å². The van der Waals surface area contributed by atoms with Crippen molar-refractivity contribution < 1.29 is 4.79 Å². The molecule has 3 rings (SSSR count). The molecule has 3 aromatic rings. The molecular weight excluding hydrogens is 275 g/mol. The highest BCUT2D eigenvalue weighted by Crippen LogP contribution is 2.33. The molecule has 2 heteroatoms. The molecule has 0 aliphatic rings. The summed E-state index contributed by atoms with van der Waals surface area (Å²) in [6, 6.07) is 28.4. The van der Waals surface area contributed by atoms with Crippen LogP contribution in [0, 0.1) is 0 Å². The molecule has 3 aromatic carbocycles. The van der Waals surface area contributed by atoms with Gasteiger partial charge in [-0.05, 0) is 10.6 Å². The number of carbonyl (C=O) groups excluding carboxylic acids is 1. The lowest BCUT2D eigenvalue weighted by Crippen LogP contribution is -2.23. The minimum atomic E-state index is -0.735. The summed E-state index contributed by atoms with van der Waals surface area (Å²) >= 11 is 0. The van der Waals surface area contributed by atoms with E-state index in [2.05, 4.69) is 30.6 Å². The van der Waals surface area contributed by atoms with Crippen LogP contribution in [-0.4, -0.2) is 6.29 Å². The highest BCUT2D eigenvalue weighted by atomic mass is 31.1. The minimum absolute atomic E-state index is 0.649. The molecule has 0 bridgehead atoms. The molecule has 0 fully saturated rings. The second kappa shape index (κ2) is 6.47. The quantitative estimate of drug-likeness (QED) is 0.533. The van der Waals surface area contributed by atoms with Crippen LogP contribution >= 0.6 is 7.92 Å². The second-order valence-electron chi connectivity index (χ2n) is 4.63. The third-order valence-electron chi connectivity index (χ3n) is 3.28. The standard InChI is InChI=1S/C19H14OP/c20-15-16-9-7-8-14-19(16)21(17-10-3-1-4-11-17)18-12-5-2-6-13-18/h1-14H/q-1. The van der Waals surface area contributed by atoms with Crippen molar-refractivity contribution in [1.82, 2.24) is 0 Å². The van der Waals surface area contributed by atoms with E-state index >= 15 is 0 Å². The molecule has 0 aliphatic carbocycles. The lowest BCUT2D eigenvalue weighted by atomic mass is 10.2. The monoisotopic (exact) mass is 289 g/mol. The number of hydrogen-bond donors (Lipinski definition) is 0. The van der Waals surface area contributed by atoms with Gasteiger partial charge in [0, 0.05) is 0 Å². The molecule has 0 heterocycles. The molecule has 0 atom stereocenters. The minimum Gasteiger partial charge on any atom is -0.376 e. The first-order chi connectivity index (χ1) is 10.4. The maximum atomic E-state index is 11.3. The Labute approximate surface area is 126 Å². The maximum Gasteiger partial charge on any atom is 0.0633 e. The van der Waals surface area contributed by atoms with Crippen LogP contribution in [0.1, 0.15) is 5.56 Å². The van der Waals surface area contributed by atoms with Crippen molar-refractivity contribution in [3.05, 3.63) is 90.5 Å². The largest absolute Gasteiger partial charge is 0.376 e. The number of benzene rings is 3. The SMILES string of the molecule is O=[C-]c1ccccc1P(c1ccccc1)c1ccccc1. The normalized spacial score (nSPS) is 10.5. The molecule has 1 nitrogen and oxygen atoms in total. The van der Waals surface area contributed by atoms with E-state index in [4.69, 9.17) is 0 Å². The Hall–Kier alpha value is -2.24. The van der Waals surface area contributed by atoms with Crippen molar-refractivity contribution >= 4 is 30.1 Å². The zero-order valence-electron chi connectivity index (χ0n) is 11.4. The van der Waals surface area contributed by atoms with Crippen molar-refractivity contribution in [2.75, 3.05) is 0 Å². The van der Waals surface area contributed by atoms with Crippen LogP contribution in [0.4, 0.5) is 0 Å². The van der Waals surface area contributed by atoms with Crippen molar-refractivity contribution in [3.63, 3.8) is 0 Å². The van der Waals surface area contributed by atoms with Crippen LogP contribution in [0.3, 0.4) is 0 Å². The summed E-state index contributed by atoms with van der Waals surface area (Å²) < 4.78 is 0. The van der Waals surface area contributed by atoms with E-state index in [0.717, 1.165) is 5.30 Å². The Kier molecular flexibility index (Phi) is 4.23. The first kappa shape index (κ1) is 13.7. The molecule has 0 aliphatic heterocycles. The first-order valence-corrected chi connectivity index (χ1v) is 8.12. The van der Waals surface area contributed by atoms with Gasteiger partial charge in [-0.2, -0.15) is 6.07 Å². The summed E-state index contributed by atoms with van der Waals surface area (Å²) in [6.07, 6.45) is 2.08. The van der Waals surface area contributed by atoms with Crippen molar-refractivity contribution in [2.45, 2.75) is 0 Å². The van der Waals surface area contributed by atoms with Gasteiger partial charge in [0.25, 0.3) is 0 Å². The zero-order chi connectivity index (χ0) is 14.5. The summed E-state index contributed by atoms with van der Waals surface area (Å²) in [5.41, 5.74) is 0.649. The molecule has 0 N–H and O–H groups in total. The highest BCUT2D eigenvalue weighted by Gasteiger charge is 2.13. The van der Waals surface area contributed by atoms with E-state index in [1.165, 1.54) is 10.6 Å². The highest BCUT2D eigenvalue weighted by molar-refractivity contribution is 7.80. The van der Waals surface area contributed by atoms with Crippen molar-refractivity contribution in [1.29, 1.82) is 0 Å². The lowest BCUT2D eigenvalue weighted by molar-refractivity contribution is 0.563. The number of rotatable bonds is 4. The Balaban J connectivity index is 2.20. The fraction of sp³-hybridized carbons (Fsp3) is 0. The van der Waals surface area contributed by atoms with Crippen LogP contribution in [0.2, 0.25) is 0 Å². The Bertz CT molecular complexity index is 683. The third kappa shape index (κ3) is 2.94. The van der Waals surface area contributed by atoms with Gasteiger partial charge in [-0.3, -0.25) is 0 Å². The van der Waals surface area contributed by atoms with E-state index in [9.17, 15) is 4.79 Å². The van der Waals surface area contributed by atoms with E-state index < -0.39 is 7.92 Å². The van der Waals surface area contributed by atoms with Crippen LogP contribution in [0.25, 0.3) is 0 Å². The van der Waals surface area contributed by atoms with E-state index in [1.807, 2.05) is 60.7 Å². The molecule has 0 spiro atoms. The topological polar surface area (TPSA) is 17.1 Å². The van der Waals surface area contributed by atoms with Gasteiger partial charge >= 0.3 is 0 Å². The first-order valence-electron chi connectivity index (χ1n) is 6.77. The van der Waals surface area contributed by atoms with Crippen LogP contribution in [0.15, 0.2) is 84.9 Å². The van der Waals surface area contributed by atoms with Gasteiger partial charge in [0.2, 0.25) is 0 Å². The molecule has 0 radical (unpaired) electrons. The summed E-state index contributed by atoms with van der Waals surface area (Å²) in [5.74, 6) is 0. The Morgan fingerprint density at radius 3 is 1.62 bits per heavy atom. The summed E-state index contributed by atoms with van der Waals surface area (Å²) in [6.45, 7) is 0. The molecule has 0 aromatic heterocycles. The smallest absolute Gasteiger partial charge is 0.0633 e. The maximum absolute atomic E-state index is 11.3. The molecule has 102 valence electrons. The molecule has 0 saturated carbocycles. The molecule has 21 heavy (non-hydrogen) atoms. The molecule has 0 amide bonds. The summed E-state index contributed by atoms with van der Waals surface area (Å²) in [5, 5.41) is 3.53. The lowest BCUT2D eigenvalue weighted by Gasteiger charge is -2.26.